The number of unbranched alkanes of at least 4 members (excludes halogenated alkanes) is 1. The first kappa shape index (κ1) is 19.5. The van der Waals surface area contributed by atoms with Crippen LogP contribution in [0, 0.1) is 11.3 Å². The second-order valence-corrected chi connectivity index (χ2v) is 8.49. The first-order valence-electron chi connectivity index (χ1n) is 10.7. The van der Waals surface area contributed by atoms with Crippen LogP contribution in [0.1, 0.15) is 58.3 Å². The zero-order chi connectivity index (χ0) is 18.4. The molecule has 6 nitrogen and oxygen atoms in total. The van der Waals surface area contributed by atoms with Crippen molar-refractivity contribution < 1.29 is 4.79 Å². The van der Waals surface area contributed by atoms with E-state index in [2.05, 4.69) is 22.0 Å². The van der Waals surface area contributed by atoms with Crippen LogP contribution in [-0.4, -0.2) is 67.5 Å². The number of hydrogen-bond donors (Lipinski definition) is 2. The Labute approximate surface area is 158 Å². The van der Waals surface area contributed by atoms with Gasteiger partial charge >= 0.3 is 0 Å². The minimum atomic E-state index is -0.125. The fourth-order valence-electron chi connectivity index (χ4n) is 4.70. The van der Waals surface area contributed by atoms with E-state index >= 15 is 0 Å². The predicted octanol–water partition coefficient (Wildman–Crippen LogP) is 1.81. The van der Waals surface area contributed by atoms with Crippen LogP contribution in [0.3, 0.4) is 0 Å². The number of hydrogen-bond acceptors (Lipinski definition) is 3. The van der Waals surface area contributed by atoms with Gasteiger partial charge in [0.25, 0.3) is 0 Å². The summed E-state index contributed by atoms with van der Waals surface area (Å²) in [5, 5.41) is 3.49. The molecule has 0 aromatic carbocycles. The molecule has 3 rings (SSSR count). The van der Waals surface area contributed by atoms with Gasteiger partial charge < -0.3 is 20.9 Å². The summed E-state index contributed by atoms with van der Waals surface area (Å²) < 4.78 is 0. The molecule has 0 aromatic heterocycles. The fraction of sp³-hybridized carbons (Fsp3) is 0.900. The van der Waals surface area contributed by atoms with Crippen LogP contribution in [0.15, 0.2) is 4.99 Å². The number of carbonyl (C=O) groups excluding carboxylic acids is 1. The Hall–Kier alpha value is -1.30. The predicted molar refractivity (Wildman–Crippen MR) is 106 cm³/mol. The van der Waals surface area contributed by atoms with Gasteiger partial charge in [0.05, 0.1) is 0 Å². The second kappa shape index (κ2) is 9.07. The van der Waals surface area contributed by atoms with Crippen molar-refractivity contribution in [1.82, 2.24) is 15.1 Å². The zero-order valence-corrected chi connectivity index (χ0v) is 16.5. The molecule has 2 aliphatic heterocycles. The normalized spacial score (nSPS) is 24.0. The number of nitrogens with two attached hydrogens (primary N) is 1. The first-order chi connectivity index (χ1) is 12.6. The fourth-order valence-corrected chi connectivity index (χ4v) is 4.70. The topological polar surface area (TPSA) is 74.0 Å². The van der Waals surface area contributed by atoms with Gasteiger partial charge in [-0.25, -0.2) is 0 Å². The van der Waals surface area contributed by atoms with Crippen molar-refractivity contribution in [3.63, 3.8) is 0 Å². The van der Waals surface area contributed by atoms with Crippen molar-refractivity contribution in [2.75, 3.05) is 45.8 Å². The summed E-state index contributed by atoms with van der Waals surface area (Å²) in [7, 11) is 0. The molecular formula is C20H37N5O. The first-order valence-corrected chi connectivity index (χ1v) is 10.7. The molecule has 0 unspecified atom stereocenters. The summed E-state index contributed by atoms with van der Waals surface area (Å²) in [6.45, 7) is 9.50. The number of nitrogens with zero attached hydrogens (tertiary/aromatic N) is 3. The number of carbonyl (C=O) groups is 1. The summed E-state index contributed by atoms with van der Waals surface area (Å²) >= 11 is 0. The standard InChI is InChI=1S/C20H37N5O/c1-2-22-19(25-15-10-20(16-25)8-5-9-20)23-11-3-4-12-24-13-6-17(7-14-24)18(21)26/h17H,2-16H2,1H3,(H2,21,26)(H,22,23). The lowest BCUT2D eigenvalue weighted by molar-refractivity contribution is -0.123. The molecule has 0 bridgehead atoms. The molecule has 1 amide bonds. The van der Waals surface area contributed by atoms with Gasteiger partial charge in [0.15, 0.2) is 5.96 Å². The van der Waals surface area contributed by atoms with Crippen LogP contribution in [0.25, 0.3) is 0 Å². The molecule has 3 fully saturated rings. The Bertz CT molecular complexity index is 494. The van der Waals surface area contributed by atoms with Gasteiger partial charge in [-0.1, -0.05) is 6.42 Å². The highest BCUT2D eigenvalue weighted by Gasteiger charge is 2.43. The maximum absolute atomic E-state index is 11.2. The van der Waals surface area contributed by atoms with Crippen molar-refractivity contribution in [3.05, 3.63) is 0 Å². The zero-order valence-electron chi connectivity index (χ0n) is 16.5. The van der Waals surface area contributed by atoms with Gasteiger partial charge in [0.1, 0.15) is 0 Å². The highest BCUT2D eigenvalue weighted by molar-refractivity contribution is 5.80. The molecule has 0 radical (unpaired) electrons. The minimum Gasteiger partial charge on any atom is -0.369 e. The van der Waals surface area contributed by atoms with E-state index in [0.29, 0.717) is 5.41 Å². The molecule has 2 saturated heterocycles. The van der Waals surface area contributed by atoms with Crippen LogP contribution < -0.4 is 11.1 Å². The van der Waals surface area contributed by atoms with Crippen molar-refractivity contribution in [1.29, 1.82) is 0 Å². The number of aliphatic imine (C=N–C) groups is 1. The van der Waals surface area contributed by atoms with Crippen LogP contribution in [0.4, 0.5) is 0 Å². The van der Waals surface area contributed by atoms with Gasteiger partial charge in [-0.15, -0.1) is 0 Å². The smallest absolute Gasteiger partial charge is 0.220 e. The van der Waals surface area contributed by atoms with E-state index in [1.807, 2.05) is 0 Å². The van der Waals surface area contributed by atoms with Gasteiger partial charge in [0, 0.05) is 32.1 Å². The maximum Gasteiger partial charge on any atom is 0.220 e. The molecule has 3 aliphatic rings. The van der Waals surface area contributed by atoms with Crippen LogP contribution in [0.5, 0.6) is 0 Å². The summed E-state index contributed by atoms with van der Waals surface area (Å²) in [5.41, 5.74) is 6.02. The van der Waals surface area contributed by atoms with Crippen molar-refractivity contribution in [2.45, 2.75) is 58.3 Å². The summed E-state index contributed by atoms with van der Waals surface area (Å²) in [5.74, 6) is 1.09. The average molecular weight is 364 g/mol. The Kier molecular flexibility index (Phi) is 6.79. The number of amides is 1. The Balaban J connectivity index is 1.34. The Morgan fingerprint density at radius 1 is 1.19 bits per heavy atom. The summed E-state index contributed by atoms with van der Waals surface area (Å²) in [6.07, 6.45) is 9.74. The minimum absolute atomic E-state index is 0.0953. The average Bonchev–Trinajstić information content (AvgIpc) is 3.07. The maximum atomic E-state index is 11.2. The van der Waals surface area contributed by atoms with Crippen LogP contribution in [-0.2, 0) is 4.79 Å². The highest BCUT2D eigenvalue weighted by atomic mass is 16.1. The van der Waals surface area contributed by atoms with Gasteiger partial charge in [0.2, 0.25) is 5.91 Å². The molecule has 0 atom stereocenters. The van der Waals surface area contributed by atoms with E-state index < -0.39 is 0 Å². The molecule has 1 aliphatic carbocycles. The van der Waals surface area contributed by atoms with Crippen LogP contribution in [0.2, 0.25) is 0 Å². The van der Waals surface area contributed by atoms with E-state index in [1.54, 1.807) is 0 Å². The third kappa shape index (κ3) is 4.90. The SMILES string of the molecule is CCNC(=NCCCCN1CCC(C(N)=O)CC1)N1CCC2(CCC2)C1. The lowest BCUT2D eigenvalue weighted by Crippen LogP contribution is -2.42. The monoisotopic (exact) mass is 363 g/mol. The lowest BCUT2D eigenvalue weighted by atomic mass is 9.68. The van der Waals surface area contributed by atoms with Crippen molar-refractivity contribution in [2.24, 2.45) is 22.1 Å². The largest absolute Gasteiger partial charge is 0.369 e. The van der Waals surface area contributed by atoms with Crippen LogP contribution >= 0.6 is 0 Å². The van der Waals surface area contributed by atoms with Gasteiger partial charge in [-0.3, -0.25) is 9.79 Å². The Morgan fingerprint density at radius 3 is 2.54 bits per heavy atom. The van der Waals surface area contributed by atoms with Gasteiger partial charge in [-0.05, 0) is 76.9 Å². The molecular weight excluding hydrogens is 326 g/mol. The van der Waals surface area contributed by atoms with E-state index in [9.17, 15) is 4.79 Å². The molecule has 26 heavy (non-hydrogen) atoms. The summed E-state index contributed by atoms with van der Waals surface area (Å²) in [4.78, 5) is 21.1. The summed E-state index contributed by atoms with van der Waals surface area (Å²) in [6, 6.07) is 0. The highest BCUT2D eigenvalue weighted by Crippen LogP contribution is 2.47. The van der Waals surface area contributed by atoms with E-state index in [1.165, 1.54) is 45.2 Å². The second-order valence-electron chi connectivity index (χ2n) is 8.49. The number of primary amides is 1. The van der Waals surface area contributed by atoms with Crippen molar-refractivity contribution >= 4 is 11.9 Å². The third-order valence-electron chi connectivity index (χ3n) is 6.62. The quantitative estimate of drug-likeness (QED) is 0.411. The molecule has 6 heteroatoms. The third-order valence-corrected chi connectivity index (χ3v) is 6.62. The number of nitrogens with one attached hydrogen (secondary N) is 1. The van der Waals surface area contributed by atoms with Gasteiger partial charge in [-0.2, -0.15) is 0 Å². The van der Waals surface area contributed by atoms with E-state index in [0.717, 1.165) is 57.9 Å². The Morgan fingerprint density at radius 2 is 1.96 bits per heavy atom. The molecule has 2 heterocycles. The molecule has 0 aromatic rings. The number of guanidine groups is 1. The number of rotatable bonds is 7. The number of piperidine rings is 1. The van der Waals surface area contributed by atoms with E-state index in [-0.39, 0.29) is 11.8 Å². The molecule has 1 spiro atoms. The molecule has 148 valence electrons. The van der Waals surface area contributed by atoms with Crippen molar-refractivity contribution in [3.8, 4) is 0 Å². The molecule has 1 saturated carbocycles. The van der Waals surface area contributed by atoms with E-state index in [4.69, 9.17) is 10.7 Å². The number of likely N-dealkylation sites (tertiary alicyclic amines) is 2. The molecule has 3 N–H and O–H groups in total. The lowest BCUT2D eigenvalue weighted by Gasteiger charge is -2.38.